The first-order chi connectivity index (χ1) is 13.2. The van der Waals surface area contributed by atoms with E-state index >= 15 is 0 Å². The van der Waals surface area contributed by atoms with Gasteiger partial charge in [0.15, 0.2) is 11.9 Å². The van der Waals surface area contributed by atoms with Crippen LogP contribution in [0, 0.1) is 22.2 Å². The van der Waals surface area contributed by atoms with Gasteiger partial charge in [-0.15, -0.1) is 0 Å². The smallest absolute Gasteiger partial charge is 0.263 e. The molecule has 28 heavy (non-hydrogen) atoms. The van der Waals surface area contributed by atoms with Crippen molar-refractivity contribution < 1.29 is 14.3 Å². The molecule has 0 saturated carbocycles. The molecule has 0 bridgehead atoms. The van der Waals surface area contributed by atoms with Crippen molar-refractivity contribution in [3.8, 4) is 11.8 Å². The Kier molecular flexibility index (Phi) is 4.62. The van der Waals surface area contributed by atoms with Crippen molar-refractivity contribution in [1.29, 1.82) is 5.26 Å². The summed E-state index contributed by atoms with van der Waals surface area (Å²) in [7, 11) is 0. The summed E-state index contributed by atoms with van der Waals surface area (Å²) in [6.07, 6.45) is 4.26. The van der Waals surface area contributed by atoms with Crippen molar-refractivity contribution in [3.05, 3.63) is 39.9 Å². The lowest BCUT2D eigenvalue weighted by Crippen LogP contribution is -2.45. The maximum absolute atomic E-state index is 13.1. The second-order valence-electron chi connectivity index (χ2n) is 8.83. The van der Waals surface area contributed by atoms with E-state index in [4.69, 9.17) is 4.74 Å². The minimum absolute atomic E-state index is 0.00653. The molecule has 1 fully saturated rings. The monoisotopic (exact) mass is 442 g/mol. The van der Waals surface area contributed by atoms with Gasteiger partial charge in [-0.3, -0.25) is 9.59 Å². The summed E-state index contributed by atoms with van der Waals surface area (Å²) >= 11 is 3.47. The number of carbonyl (C=O) groups excluding carboxylic acids is 2. The lowest BCUT2D eigenvalue weighted by Gasteiger charge is -2.38. The zero-order chi connectivity index (χ0) is 20.1. The number of amides is 1. The lowest BCUT2D eigenvalue weighted by atomic mass is 9.64. The molecular formula is C22H23BrN2O3. The van der Waals surface area contributed by atoms with Gasteiger partial charge < -0.3 is 9.64 Å². The Labute approximate surface area is 173 Å². The van der Waals surface area contributed by atoms with E-state index in [2.05, 4.69) is 22.0 Å². The highest BCUT2D eigenvalue weighted by molar-refractivity contribution is 9.10. The van der Waals surface area contributed by atoms with Crippen molar-refractivity contribution >= 4 is 27.6 Å². The van der Waals surface area contributed by atoms with Crippen molar-refractivity contribution in [1.82, 2.24) is 4.90 Å². The Morgan fingerprint density at radius 1 is 1.39 bits per heavy atom. The summed E-state index contributed by atoms with van der Waals surface area (Å²) in [5.41, 5.74) is 0.478. The van der Waals surface area contributed by atoms with E-state index in [1.165, 1.54) is 0 Å². The Morgan fingerprint density at radius 2 is 2.18 bits per heavy atom. The third kappa shape index (κ3) is 3.26. The third-order valence-electron chi connectivity index (χ3n) is 6.16. The number of fused-ring (bicyclic) bond motifs is 1. The van der Waals surface area contributed by atoms with Crippen LogP contribution in [0.5, 0.6) is 5.75 Å². The van der Waals surface area contributed by atoms with E-state index in [9.17, 15) is 14.9 Å². The Hall–Kier alpha value is -2.13. The number of halogens is 1. The minimum atomic E-state index is -0.577. The third-order valence-corrected chi connectivity index (χ3v) is 6.66. The van der Waals surface area contributed by atoms with Crippen LogP contribution in [0.15, 0.2) is 34.3 Å². The fraction of sp³-hybridized carbons (Fsp3) is 0.500. The number of allylic oxidation sites excluding steroid dienone is 1. The maximum atomic E-state index is 13.1. The molecule has 0 N–H and O–H groups in total. The molecule has 1 aromatic rings. The molecule has 3 aliphatic rings. The molecule has 1 amide bonds. The number of nitrogens with zero attached hydrogens (tertiary/aromatic N) is 2. The van der Waals surface area contributed by atoms with Gasteiger partial charge in [0.1, 0.15) is 11.8 Å². The van der Waals surface area contributed by atoms with Crippen LogP contribution in [0.1, 0.15) is 38.7 Å². The summed E-state index contributed by atoms with van der Waals surface area (Å²) in [4.78, 5) is 27.4. The summed E-state index contributed by atoms with van der Waals surface area (Å²) in [6, 6.07) is 7.93. The largest absolute Gasteiger partial charge is 0.480 e. The number of rotatable bonds is 1. The molecule has 1 aliphatic carbocycles. The van der Waals surface area contributed by atoms with Gasteiger partial charge >= 0.3 is 0 Å². The highest BCUT2D eigenvalue weighted by atomic mass is 79.9. The number of aryl methyl sites for hydroxylation is 1. The summed E-state index contributed by atoms with van der Waals surface area (Å²) in [5.74, 6) is 0.689. The predicted octanol–water partition coefficient (Wildman–Crippen LogP) is 3.81. The maximum Gasteiger partial charge on any atom is 0.263 e. The first kappa shape index (κ1) is 19.2. The molecule has 0 radical (unpaired) electrons. The first-order valence-corrected chi connectivity index (χ1v) is 10.4. The van der Waals surface area contributed by atoms with Crippen LogP contribution in [0.25, 0.3) is 0 Å². The van der Waals surface area contributed by atoms with Gasteiger partial charge in [-0.05, 0) is 49.4 Å². The van der Waals surface area contributed by atoms with Crippen LogP contribution >= 0.6 is 15.9 Å². The molecule has 6 heteroatoms. The van der Waals surface area contributed by atoms with Gasteiger partial charge in [-0.2, -0.15) is 5.26 Å². The molecule has 1 aromatic carbocycles. The van der Waals surface area contributed by atoms with Gasteiger partial charge in [0.2, 0.25) is 0 Å². The number of nitriles is 1. The van der Waals surface area contributed by atoms with E-state index in [0.717, 1.165) is 28.6 Å². The molecule has 2 aliphatic heterocycles. The van der Waals surface area contributed by atoms with E-state index in [-0.39, 0.29) is 22.7 Å². The first-order valence-electron chi connectivity index (χ1n) is 9.65. The molecular weight excluding hydrogens is 420 g/mol. The fourth-order valence-corrected chi connectivity index (χ4v) is 5.32. The summed E-state index contributed by atoms with van der Waals surface area (Å²) in [6.45, 7) is 4.96. The number of likely N-dealkylation sites (tertiary alicyclic amines) is 1. The molecule has 1 unspecified atom stereocenters. The second kappa shape index (κ2) is 6.73. The van der Waals surface area contributed by atoms with E-state index < -0.39 is 11.5 Å². The summed E-state index contributed by atoms with van der Waals surface area (Å²) in [5, 5.41) is 9.39. The number of hydrogen-bond acceptors (Lipinski definition) is 4. The van der Waals surface area contributed by atoms with Crippen molar-refractivity contribution in [2.24, 2.45) is 10.8 Å². The normalized spacial score (nSPS) is 28.4. The van der Waals surface area contributed by atoms with Crippen molar-refractivity contribution in [3.63, 3.8) is 0 Å². The number of Topliss-reactive ketones (excluding diaryl/α,β-unsaturated/α-hetero) is 1. The Morgan fingerprint density at radius 3 is 2.93 bits per heavy atom. The number of benzene rings is 1. The average molecular weight is 443 g/mol. The molecule has 146 valence electrons. The van der Waals surface area contributed by atoms with E-state index in [1.54, 1.807) is 0 Å². The Balaban J connectivity index is 1.51. The molecule has 1 spiro atoms. The molecule has 5 nitrogen and oxygen atoms in total. The van der Waals surface area contributed by atoms with Crippen LogP contribution in [-0.2, 0) is 16.0 Å². The van der Waals surface area contributed by atoms with Crippen molar-refractivity contribution in [2.75, 3.05) is 13.1 Å². The predicted molar refractivity (Wildman–Crippen MR) is 108 cm³/mol. The van der Waals surface area contributed by atoms with Crippen LogP contribution in [-0.4, -0.2) is 35.8 Å². The number of ketones is 1. The van der Waals surface area contributed by atoms with Crippen LogP contribution in [0.4, 0.5) is 0 Å². The standard InChI is InChI=1S/C22H23BrN2O3/c1-21(2)12-22(10-15(11-24)19(21)26)7-8-25(13-22)20(27)18-5-3-14-9-16(23)4-6-17(14)28-18/h4,6,9-10,18H,3,5,7-8,12-13H2,1-2H3/t18?,22-/m1/s1. The fourth-order valence-electron chi connectivity index (χ4n) is 4.91. The summed E-state index contributed by atoms with van der Waals surface area (Å²) < 4.78 is 7.01. The van der Waals surface area contributed by atoms with Crippen LogP contribution in [0.3, 0.4) is 0 Å². The minimum Gasteiger partial charge on any atom is -0.480 e. The number of carbonyl (C=O) groups is 2. The van der Waals surface area contributed by atoms with E-state index in [0.29, 0.717) is 25.9 Å². The zero-order valence-electron chi connectivity index (χ0n) is 16.1. The highest BCUT2D eigenvalue weighted by Gasteiger charge is 2.49. The quantitative estimate of drug-likeness (QED) is 0.662. The zero-order valence-corrected chi connectivity index (χ0v) is 17.7. The van der Waals surface area contributed by atoms with Gasteiger partial charge in [-0.1, -0.05) is 35.9 Å². The Bertz CT molecular complexity index is 930. The topological polar surface area (TPSA) is 70.4 Å². The van der Waals surface area contributed by atoms with Gasteiger partial charge in [-0.25, -0.2) is 0 Å². The van der Waals surface area contributed by atoms with Crippen molar-refractivity contribution in [2.45, 2.75) is 45.6 Å². The van der Waals surface area contributed by atoms with Gasteiger partial charge in [0.25, 0.3) is 5.91 Å². The molecule has 2 atom stereocenters. The molecule has 2 heterocycles. The number of ether oxygens (including phenoxy) is 1. The number of hydrogen-bond donors (Lipinski definition) is 0. The van der Waals surface area contributed by atoms with E-state index in [1.807, 2.05) is 43.0 Å². The molecule has 0 aromatic heterocycles. The lowest BCUT2D eigenvalue weighted by molar-refractivity contribution is -0.138. The second-order valence-corrected chi connectivity index (χ2v) is 9.74. The van der Waals surface area contributed by atoms with Gasteiger partial charge in [0.05, 0.1) is 5.57 Å². The van der Waals surface area contributed by atoms with Crippen LogP contribution in [0.2, 0.25) is 0 Å². The molecule has 4 rings (SSSR count). The SMILES string of the molecule is CC1(C)C[C@]2(C=C(C#N)C1=O)CCN(C(=O)C1CCc3cc(Br)ccc3O1)C2. The average Bonchev–Trinajstić information content (AvgIpc) is 3.06. The van der Waals surface area contributed by atoms with Gasteiger partial charge in [0, 0.05) is 28.4 Å². The highest BCUT2D eigenvalue weighted by Crippen LogP contribution is 2.48. The van der Waals surface area contributed by atoms with Crippen LogP contribution < -0.4 is 4.74 Å². The molecule has 1 saturated heterocycles.